The third-order valence-corrected chi connectivity index (χ3v) is 5.11. The lowest BCUT2D eigenvalue weighted by Gasteiger charge is -2.35. The van der Waals surface area contributed by atoms with E-state index in [1.54, 1.807) is 14.2 Å². The molecule has 5 heteroatoms. The van der Waals surface area contributed by atoms with Crippen LogP contribution in [-0.2, 0) is 17.8 Å². The maximum absolute atomic E-state index is 12.6. The van der Waals surface area contributed by atoms with E-state index in [4.69, 9.17) is 9.47 Å². The number of rotatable bonds is 7. The molecule has 1 fully saturated rings. The minimum atomic E-state index is 0.220. The minimum Gasteiger partial charge on any atom is -0.496 e. The Morgan fingerprint density at radius 2 is 1.41 bits per heavy atom. The molecule has 1 saturated heterocycles. The van der Waals surface area contributed by atoms with E-state index in [0.717, 1.165) is 49.8 Å². The van der Waals surface area contributed by atoms with Crippen molar-refractivity contribution in [2.24, 2.45) is 0 Å². The highest BCUT2D eigenvalue weighted by atomic mass is 16.5. The second kappa shape index (κ2) is 9.42. The van der Waals surface area contributed by atoms with Gasteiger partial charge in [-0.3, -0.25) is 9.69 Å². The highest BCUT2D eigenvalue weighted by Crippen LogP contribution is 2.21. The predicted octanol–water partition coefficient (Wildman–Crippen LogP) is 2.98. The molecule has 3 rings (SSSR count). The Hall–Kier alpha value is -2.53. The highest BCUT2D eigenvalue weighted by molar-refractivity contribution is 5.76. The minimum absolute atomic E-state index is 0.220. The maximum Gasteiger partial charge on any atom is 0.222 e. The van der Waals surface area contributed by atoms with Gasteiger partial charge in [-0.1, -0.05) is 36.4 Å². The van der Waals surface area contributed by atoms with Gasteiger partial charge in [0, 0.05) is 44.7 Å². The number of carbonyl (C=O) groups is 1. The summed E-state index contributed by atoms with van der Waals surface area (Å²) in [5, 5.41) is 0. The van der Waals surface area contributed by atoms with Crippen LogP contribution in [0, 0.1) is 0 Å². The van der Waals surface area contributed by atoms with Crippen molar-refractivity contribution in [3.63, 3.8) is 0 Å². The first kappa shape index (κ1) is 19.2. The number of amides is 1. The summed E-state index contributed by atoms with van der Waals surface area (Å²) in [7, 11) is 3.37. The zero-order valence-electron chi connectivity index (χ0n) is 16.2. The molecule has 0 aliphatic carbocycles. The number of carbonyl (C=O) groups excluding carboxylic acids is 1. The number of para-hydroxylation sites is 2. The first-order valence-electron chi connectivity index (χ1n) is 9.45. The molecular formula is C22H28N2O3. The van der Waals surface area contributed by atoms with Gasteiger partial charge in [0.15, 0.2) is 0 Å². The van der Waals surface area contributed by atoms with E-state index in [2.05, 4.69) is 11.0 Å². The third-order valence-electron chi connectivity index (χ3n) is 5.11. The quantitative estimate of drug-likeness (QED) is 0.754. The van der Waals surface area contributed by atoms with Crippen LogP contribution in [0.4, 0.5) is 0 Å². The Bertz CT molecular complexity index is 755. The third kappa shape index (κ3) is 5.01. The summed E-state index contributed by atoms with van der Waals surface area (Å²) in [5.74, 6) is 2.00. The number of benzene rings is 2. The van der Waals surface area contributed by atoms with Gasteiger partial charge in [0.2, 0.25) is 5.91 Å². The van der Waals surface area contributed by atoms with Gasteiger partial charge in [-0.15, -0.1) is 0 Å². The molecule has 5 nitrogen and oxygen atoms in total. The molecule has 27 heavy (non-hydrogen) atoms. The Morgan fingerprint density at radius 1 is 0.852 bits per heavy atom. The lowest BCUT2D eigenvalue weighted by Crippen LogP contribution is -2.48. The van der Waals surface area contributed by atoms with Crippen LogP contribution in [0.1, 0.15) is 17.5 Å². The number of ether oxygens (including phenoxy) is 2. The normalized spacial score (nSPS) is 14.8. The monoisotopic (exact) mass is 368 g/mol. The molecule has 0 N–H and O–H groups in total. The van der Waals surface area contributed by atoms with Crippen LogP contribution >= 0.6 is 0 Å². The van der Waals surface area contributed by atoms with Crippen LogP contribution in [0.2, 0.25) is 0 Å². The van der Waals surface area contributed by atoms with Crippen LogP contribution in [0.3, 0.4) is 0 Å². The molecule has 1 aliphatic rings. The molecule has 2 aromatic carbocycles. The average molecular weight is 368 g/mol. The largest absolute Gasteiger partial charge is 0.496 e. The molecule has 0 bridgehead atoms. The molecule has 0 aromatic heterocycles. The van der Waals surface area contributed by atoms with E-state index >= 15 is 0 Å². The van der Waals surface area contributed by atoms with E-state index in [1.807, 2.05) is 47.4 Å². The van der Waals surface area contributed by atoms with Crippen molar-refractivity contribution < 1.29 is 14.3 Å². The Kier molecular flexibility index (Phi) is 6.71. The van der Waals surface area contributed by atoms with Crippen molar-refractivity contribution in [2.45, 2.75) is 19.4 Å². The van der Waals surface area contributed by atoms with Crippen LogP contribution in [0.15, 0.2) is 48.5 Å². The van der Waals surface area contributed by atoms with Crippen molar-refractivity contribution in [3.8, 4) is 11.5 Å². The first-order valence-corrected chi connectivity index (χ1v) is 9.45. The van der Waals surface area contributed by atoms with Gasteiger partial charge >= 0.3 is 0 Å². The SMILES string of the molecule is COc1ccccc1CCC(=O)N1CCN(Cc2ccccc2OC)CC1. The number of aryl methyl sites for hydroxylation is 1. The van der Waals surface area contributed by atoms with Gasteiger partial charge in [-0.05, 0) is 24.1 Å². The number of hydrogen-bond donors (Lipinski definition) is 0. The Labute approximate surface area is 161 Å². The van der Waals surface area contributed by atoms with Crippen LogP contribution in [-0.4, -0.2) is 56.1 Å². The van der Waals surface area contributed by atoms with Gasteiger partial charge < -0.3 is 14.4 Å². The Morgan fingerprint density at radius 3 is 2.04 bits per heavy atom. The van der Waals surface area contributed by atoms with Crippen LogP contribution in [0.5, 0.6) is 11.5 Å². The summed E-state index contributed by atoms with van der Waals surface area (Å²) >= 11 is 0. The summed E-state index contributed by atoms with van der Waals surface area (Å²) < 4.78 is 10.8. The fourth-order valence-corrected chi connectivity index (χ4v) is 3.54. The zero-order valence-corrected chi connectivity index (χ0v) is 16.2. The van der Waals surface area contributed by atoms with Crippen LogP contribution < -0.4 is 9.47 Å². The summed E-state index contributed by atoms with van der Waals surface area (Å²) in [4.78, 5) is 16.9. The lowest BCUT2D eigenvalue weighted by molar-refractivity contribution is -0.133. The van der Waals surface area contributed by atoms with Crippen molar-refractivity contribution in [3.05, 3.63) is 59.7 Å². The summed E-state index contributed by atoms with van der Waals surface area (Å²) in [6.07, 6.45) is 1.23. The van der Waals surface area contributed by atoms with E-state index in [0.29, 0.717) is 12.8 Å². The second-order valence-corrected chi connectivity index (χ2v) is 6.78. The Balaban J connectivity index is 1.48. The van der Waals surface area contributed by atoms with Gasteiger partial charge in [0.1, 0.15) is 11.5 Å². The van der Waals surface area contributed by atoms with Crippen molar-refractivity contribution in [1.82, 2.24) is 9.80 Å². The molecule has 1 heterocycles. The van der Waals surface area contributed by atoms with Crippen LogP contribution in [0.25, 0.3) is 0 Å². The van der Waals surface area contributed by atoms with E-state index < -0.39 is 0 Å². The molecular weight excluding hydrogens is 340 g/mol. The van der Waals surface area contributed by atoms with Gasteiger partial charge in [-0.2, -0.15) is 0 Å². The molecule has 0 saturated carbocycles. The lowest BCUT2D eigenvalue weighted by atomic mass is 10.1. The van der Waals surface area contributed by atoms with Gasteiger partial charge in [0.05, 0.1) is 14.2 Å². The standard InChI is InChI=1S/C22H28N2O3/c1-26-20-9-5-3-7-18(20)11-12-22(25)24-15-13-23(14-16-24)17-19-8-4-6-10-21(19)27-2/h3-10H,11-17H2,1-2H3. The van der Waals surface area contributed by atoms with Gasteiger partial charge in [-0.25, -0.2) is 0 Å². The number of piperazine rings is 1. The van der Waals surface area contributed by atoms with Crippen molar-refractivity contribution in [2.75, 3.05) is 40.4 Å². The fraction of sp³-hybridized carbons (Fsp3) is 0.409. The number of nitrogens with zero attached hydrogens (tertiary/aromatic N) is 2. The molecule has 2 aromatic rings. The smallest absolute Gasteiger partial charge is 0.222 e. The van der Waals surface area contributed by atoms with E-state index in [1.165, 1.54) is 5.56 Å². The molecule has 144 valence electrons. The topological polar surface area (TPSA) is 42.0 Å². The number of hydrogen-bond acceptors (Lipinski definition) is 4. The zero-order chi connectivity index (χ0) is 19.1. The molecule has 1 aliphatic heterocycles. The molecule has 0 radical (unpaired) electrons. The first-order chi connectivity index (χ1) is 13.2. The predicted molar refractivity (Wildman–Crippen MR) is 106 cm³/mol. The van der Waals surface area contributed by atoms with Gasteiger partial charge in [0.25, 0.3) is 0 Å². The summed E-state index contributed by atoms with van der Waals surface area (Å²) in [5.41, 5.74) is 2.28. The summed E-state index contributed by atoms with van der Waals surface area (Å²) in [6, 6.07) is 16.0. The fourth-order valence-electron chi connectivity index (χ4n) is 3.54. The molecule has 0 atom stereocenters. The molecule has 0 spiro atoms. The summed E-state index contributed by atoms with van der Waals surface area (Å²) in [6.45, 7) is 4.18. The number of methoxy groups -OCH3 is 2. The highest BCUT2D eigenvalue weighted by Gasteiger charge is 2.21. The molecule has 1 amide bonds. The maximum atomic E-state index is 12.6. The van der Waals surface area contributed by atoms with E-state index in [9.17, 15) is 4.79 Å². The average Bonchev–Trinajstić information content (AvgIpc) is 2.73. The second-order valence-electron chi connectivity index (χ2n) is 6.78. The van der Waals surface area contributed by atoms with Crippen molar-refractivity contribution in [1.29, 1.82) is 0 Å². The van der Waals surface area contributed by atoms with Crippen molar-refractivity contribution >= 4 is 5.91 Å². The van der Waals surface area contributed by atoms with E-state index in [-0.39, 0.29) is 5.91 Å². The molecule has 0 unspecified atom stereocenters.